The third-order valence-electron chi connectivity index (χ3n) is 3.59. The third kappa shape index (κ3) is 4.88. The lowest BCUT2D eigenvalue weighted by molar-refractivity contribution is 0.0929. The van der Waals surface area contributed by atoms with Crippen molar-refractivity contribution < 1.29 is 9.18 Å². The molecule has 8 heteroatoms. The van der Waals surface area contributed by atoms with Gasteiger partial charge in [-0.1, -0.05) is 0 Å². The van der Waals surface area contributed by atoms with Crippen LogP contribution in [0.15, 0.2) is 29.6 Å². The molecule has 0 aliphatic heterocycles. The van der Waals surface area contributed by atoms with E-state index in [1.165, 1.54) is 23.5 Å². The van der Waals surface area contributed by atoms with Crippen LogP contribution < -0.4 is 11.1 Å². The van der Waals surface area contributed by atoms with Gasteiger partial charge in [-0.25, -0.2) is 9.37 Å². The molecule has 1 atom stereocenters. The maximum atomic E-state index is 12.9. The van der Waals surface area contributed by atoms with E-state index in [0.717, 1.165) is 18.4 Å². The smallest absolute Gasteiger partial charge is 0.271 e. The fraction of sp³-hybridized carbons (Fsp3) is 0.333. The van der Waals surface area contributed by atoms with Crippen LogP contribution in [0.4, 0.5) is 4.39 Å². The minimum atomic E-state index is -0.288. The first-order valence-corrected chi connectivity index (χ1v) is 7.77. The second-order valence-corrected chi connectivity index (χ2v) is 6.06. The van der Waals surface area contributed by atoms with Crippen LogP contribution in [0, 0.1) is 11.7 Å². The zero-order valence-corrected chi connectivity index (χ0v) is 14.6. The summed E-state index contributed by atoms with van der Waals surface area (Å²) in [5.74, 6) is 0.0274. The minimum Gasteiger partial charge on any atom is -0.346 e. The molecule has 1 unspecified atom stereocenters. The average Bonchev–Trinajstić information content (AvgIpc) is 3.21. The highest BCUT2D eigenvalue weighted by Gasteiger charge is 2.31. The van der Waals surface area contributed by atoms with Crippen molar-refractivity contribution in [1.29, 1.82) is 0 Å². The van der Waals surface area contributed by atoms with Gasteiger partial charge in [0.15, 0.2) is 0 Å². The molecule has 0 radical (unpaired) electrons. The Labute approximate surface area is 150 Å². The number of thiazole rings is 1. The number of nitrogens with one attached hydrogen (secondary N) is 1. The van der Waals surface area contributed by atoms with Gasteiger partial charge in [-0.2, -0.15) is 0 Å². The number of aromatic nitrogens is 1. The number of halogens is 3. The van der Waals surface area contributed by atoms with Crippen molar-refractivity contribution >= 4 is 42.1 Å². The van der Waals surface area contributed by atoms with E-state index < -0.39 is 0 Å². The molecule has 1 amide bonds. The van der Waals surface area contributed by atoms with Crippen LogP contribution in [0.1, 0.15) is 23.3 Å². The lowest BCUT2D eigenvalue weighted by Gasteiger charge is -2.14. The second-order valence-electron chi connectivity index (χ2n) is 5.20. The summed E-state index contributed by atoms with van der Waals surface area (Å²) in [6.07, 6.45) is 2.25. The summed E-state index contributed by atoms with van der Waals surface area (Å²) in [5.41, 5.74) is 6.87. The Morgan fingerprint density at radius 2 is 2.00 bits per heavy atom. The van der Waals surface area contributed by atoms with Crippen LogP contribution in [-0.4, -0.2) is 23.5 Å². The quantitative estimate of drug-likeness (QED) is 0.839. The Morgan fingerprint density at radius 1 is 1.35 bits per heavy atom. The van der Waals surface area contributed by atoms with E-state index in [9.17, 15) is 9.18 Å². The van der Waals surface area contributed by atoms with Gasteiger partial charge in [0.2, 0.25) is 0 Å². The Balaban J connectivity index is 0.00000132. The van der Waals surface area contributed by atoms with Gasteiger partial charge in [0.25, 0.3) is 5.91 Å². The SMILES string of the molecule is Cl.Cl.NCC(NC(=O)c1csc(-c2ccc(F)cc2)n1)C1CC1. The van der Waals surface area contributed by atoms with Crippen molar-refractivity contribution in [2.45, 2.75) is 18.9 Å². The predicted octanol–water partition coefficient (Wildman–Crippen LogP) is 3.26. The third-order valence-corrected chi connectivity index (χ3v) is 4.48. The molecule has 1 saturated carbocycles. The fourth-order valence-electron chi connectivity index (χ4n) is 2.21. The fourth-order valence-corrected chi connectivity index (χ4v) is 3.02. The number of benzene rings is 1. The molecule has 1 aromatic heterocycles. The van der Waals surface area contributed by atoms with Gasteiger partial charge < -0.3 is 11.1 Å². The number of carbonyl (C=O) groups excluding carboxylic acids is 1. The van der Waals surface area contributed by atoms with E-state index >= 15 is 0 Å². The molecule has 4 nitrogen and oxygen atoms in total. The lowest BCUT2D eigenvalue weighted by atomic mass is 10.2. The van der Waals surface area contributed by atoms with Gasteiger partial charge in [0.05, 0.1) is 0 Å². The number of hydrogen-bond donors (Lipinski definition) is 2. The van der Waals surface area contributed by atoms with Crippen molar-refractivity contribution in [3.63, 3.8) is 0 Å². The maximum absolute atomic E-state index is 12.9. The van der Waals surface area contributed by atoms with E-state index in [4.69, 9.17) is 5.73 Å². The lowest BCUT2D eigenvalue weighted by Crippen LogP contribution is -2.41. The van der Waals surface area contributed by atoms with Crippen molar-refractivity contribution in [2.24, 2.45) is 11.7 Å². The van der Waals surface area contributed by atoms with Gasteiger partial charge >= 0.3 is 0 Å². The molecule has 1 aromatic carbocycles. The summed E-state index contributed by atoms with van der Waals surface area (Å²) in [7, 11) is 0. The van der Waals surface area contributed by atoms with Gasteiger partial charge in [-0.3, -0.25) is 4.79 Å². The highest BCUT2D eigenvalue weighted by Crippen LogP contribution is 2.32. The first-order chi connectivity index (χ1) is 10.2. The van der Waals surface area contributed by atoms with Crippen LogP contribution in [0.5, 0.6) is 0 Å². The van der Waals surface area contributed by atoms with Crippen LogP contribution in [-0.2, 0) is 0 Å². The molecule has 0 spiro atoms. The number of amides is 1. The van der Waals surface area contributed by atoms with Gasteiger partial charge in [-0.05, 0) is 43.0 Å². The van der Waals surface area contributed by atoms with Crippen LogP contribution in [0.2, 0.25) is 0 Å². The molecule has 1 fully saturated rings. The number of carbonyl (C=O) groups is 1. The molecule has 1 aliphatic rings. The Kier molecular flexibility index (Phi) is 7.41. The molecule has 3 N–H and O–H groups in total. The van der Waals surface area contributed by atoms with Gasteiger partial charge in [0.1, 0.15) is 16.5 Å². The number of hydrogen-bond acceptors (Lipinski definition) is 4. The highest BCUT2D eigenvalue weighted by molar-refractivity contribution is 7.13. The van der Waals surface area contributed by atoms with E-state index in [1.54, 1.807) is 17.5 Å². The summed E-state index contributed by atoms with van der Waals surface area (Å²) in [6, 6.07) is 6.11. The minimum absolute atomic E-state index is 0. The molecule has 0 bridgehead atoms. The predicted molar refractivity (Wildman–Crippen MR) is 95.0 cm³/mol. The van der Waals surface area contributed by atoms with E-state index in [2.05, 4.69) is 10.3 Å². The molecule has 2 aromatic rings. The summed E-state index contributed by atoms with van der Waals surface area (Å²) in [6.45, 7) is 0.450. The molecule has 1 aliphatic carbocycles. The Hall–Kier alpha value is -1.21. The van der Waals surface area contributed by atoms with Crippen LogP contribution in [0.25, 0.3) is 10.6 Å². The molecular weight excluding hydrogens is 360 g/mol. The van der Waals surface area contributed by atoms with Crippen molar-refractivity contribution in [3.05, 3.63) is 41.2 Å². The molecular formula is C15H18Cl2FN3OS. The largest absolute Gasteiger partial charge is 0.346 e. The molecule has 126 valence electrons. The van der Waals surface area contributed by atoms with Gasteiger partial charge in [-0.15, -0.1) is 36.2 Å². The zero-order valence-electron chi connectivity index (χ0n) is 12.2. The average molecular weight is 378 g/mol. The Bertz CT molecular complexity index is 646. The van der Waals surface area contributed by atoms with Crippen molar-refractivity contribution in [3.8, 4) is 10.6 Å². The van der Waals surface area contributed by atoms with Crippen molar-refractivity contribution in [1.82, 2.24) is 10.3 Å². The maximum Gasteiger partial charge on any atom is 0.271 e. The normalized spacial score (nSPS) is 14.3. The highest BCUT2D eigenvalue weighted by atomic mass is 35.5. The standard InChI is InChI=1S/C15H16FN3OS.2ClH/c16-11-5-3-10(4-6-11)15-19-13(8-21-15)14(20)18-12(7-17)9-1-2-9;;/h3-6,8-9,12H,1-2,7,17H2,(H,18,20);2*1H. The van der Waals surface area contributed by atoms with E-state index in [0.29, 0.717) is 23.2 Å². The number of nitrogens with zero attached hydrogens (tertiary/aromatic N) is 1. The summed E-state index contributed by atoms with van der Waals surface area (Å²) >= 11 is 1.37. The van der Waals surface area contributed by atoms with Gasteiger partial charge in [0, 0.05) is 23.5 Å². The molecule has 0 saturated heterocycles. The monoisotopic (exact) mass is 377 g/mol. The molecule has 23 heavy (non-hydrogen) atoms. The first kappa shape index (κ1) is 19.8. The molecule has 3 rings (SSSR count). The Morgan fingerprint density at radius 3 is 2.57 bits per heavy atom. The topological polar surface area (TPSA) is 68.0 Å². The summed E-state index contributed by atoms with van der Waals surface area (Å²) in [5, 5.41) is 5.36. The first-order valence-electron chi connectivity index (χ1n) is 6.90. The number of nitrogens with two attached hydrogens (primary N) is 1. The zero-order chi connectivity index (χ0) is 14.8. The van der Waals surface area contributed by atoms with Crippen LogP contribution >= 0.6 is 36.2 Å². The van der Waals surface area contributed by atoms with Crippen LogP contribution in [0.3, 0.4) is 0 Å². The summed E-state index contributed by atoms with van der Waals surface area (Å²) < 4.78 is 12.9. The summed E-state index contributed by atoms with van der Waals surface area (Å²) in [4.78, 5) is 16.5. The van der Waals surface area contributed by atoms with Crippen molar-refractivity contribution in [2.75, 3.05) is 6.54 Å². The van der Waals surface area contributed by atoms with E-state index in [-0.39, 0.29) is 42.6 Å². The molecule has 1 heterocycles. The second kappa shape index (κ2) is 8.59. The van der Waals surface area contributed by atoms with E-state index in [1.807, 2.05) is 0 Å². The number of rotatable bonds is 5.